The Balaban J connectivity index is 1.19. The van der Waals surface area contributed by atoms with Crippen LogP contribution in [0.3, 0.4) is 0 Å². The number of rotatable bonds is 9. The van der Waals surface area contributed by atoms with E-state index in [-0.39, 0.29) is 0 Å². The predicted octanol–water partition coefficient (Wildman–Crippen LogP) is 1.49. The van der Waals surface area contributed by atoms with Gasteiger partial charge in [-0.3, -0.25) is 0 Å². The van der Waals surface area contributed by atoms with Gasteiger partial charge in [-0.05, 0) is 74.9 Å². The quantitative estimate of drug-likeness (QED) is 0.610. The van der Waals surface area contributed by atoms with Gasteiger partial charge in [0, 0.05) is 13.7 Å². The summed E-state index contributed by atoms with van der Waals surface area (Å²) in [5, 5.41) is 7.05. The fourth-order valence-electron chi connectivity index (χ4n) is 4.69. The Morgan fingerprint density at radius 1 is 1.00 bits per heavy atom. The van der Waals surface area contributed by atoms with E-state index in [1.165, 1.54) is 19.5 Å². The zero-order valence-electron chi connectivity index (χ0n) is 11.7. The molecule has 3 nitrogen and oxygen atoms in total. The highest BCUT2D eigenvalue weighted by Crippen LogP contribution is 2.69. The van der Waals surface area contributed by atoms with Crippen molar-refractivity contribution in [3.05, 3.63) is 0 Å². The summed E-state index contributed by atoms with van der Waals surface area (Å²) in [6, 6.07) is 0. The van der Waals surface area contributed by atoms with Crippen LogP contribution in [0.1, 0.15) is 25.7 Å². The highest BCUT2D eigenvalue weighted by molar-refractivity contribution is 5.13. The number of nitrogens with one attached hydrogen (secondary N) is 2. The molecule has 0 aliphatic heterocycles. The third-order valence-corrected chi connectivity index (χ3v) is 5.46. The maximum atomic E-state index is 5.00. The molecule has 0 aromatic rings. The van der Waals surface area contributed by atoms with Crippen LogP contribution < -0.4 is 10.6 Å². The first kappa shape index (κ1) is 12.9. The molecule has 0 radical (unpaired) electrons. The fraction of sp³-hybridized carbons (Fsp3) is 1.00. The standard InChI is InChI=1S/C15H28N2O/c1-18-8-7-16-5-2-6-17-10-13-14-11-3-4-12(9-11)15(13)14/h11-17H,2-10H2,1H3. The third kappa shape index (κ3) is 2.59. The van der Waals surface area contributed by atoms with Crippen LogP contribution in [-0.2, 0) is 4.74 Å². The van der Waals surface area contributed by atoms with Crippen molar-refractivity contribution in [3.8, 4) is 0 Å². The van der Waals surface area contributed by atoms with Crippen molar-refractivity contribution in [3.63, 3.8) is 0 Å². The van der Waals surface area contributed by atoms with Gasteiger partial charge in [0.05, 0.1) is 6.61 Å². The Kier molecular flexibility index (Phi) is 4.22. The molecule has 3 fully saturated rings. The van der Waals surface area contributed by atoms with Crippen LogP contribution >= 0.6 is 0 Å². The average Bonchev–Trinajstić information content (AvgIpc) is 2.79. The zero-order valence-corrected chi connectivity index (χ0v) is 11.7. The highest BCUT2D eigenvalue weighted by Gasteiger charge is 2.64. The van der Waals surface area contributed by atoms with Gasteiger partial charge in [0.1, 0.15) is 0 Å². The van der Waals surface area contributed by atoms with Crippen LogP contribution in [0.5, 0.6) is 0 Å². The van der Waals surface area contributed by atoms with Crippen molar-refractivity contribution in [2.24, 2.45) is 29.6 Å². The van der Waals surface area contributed by atoms with E-state index in [1.807, 2.05) is 0 Å². The molecule has 3 aliphatic carbocycles. The summed E-state index contributed by atoms with van der Waals surface area (Å²) in [5.41, 5.74) is 0. The molecule has 3 heteroatoms. The van der Waals surface area contributed by atoms with E-state index in [4.69, 9.17) is 4.74 Å². The van der Waals surface area contributed by atoms with Crippen LogP contribution in [0.15, 0.2) is 0 Å². The van der Waals surface area contributed by atoms with Crippen LogP contribution in [0.4, 0.5) is 0 Å². The van der Waals surface area contributed by atoms with E-state index >= 15 is 0 Å². The molecule has 4 unspecified atom stereocenters. The molecule has 0 aromatic heterocycles. The van der Waals surface area contributed by atoms with Crippen LogP contribution in [0.25, 0.3) is 0 Å². The molecule has 104 valence electrons. The largest absolute Gasteiger partial charge is 0.383 e. The van der Waals surface area contributed by atoms with Crippen LogP contribution in [0.2, 0.25) is 0 Å². The Hall–Kier alpha value is -0.120. The summed E-state index contributed by atoms with van der Waals surface area (Å²) in [4.78, 5) is 0. The van der Waals surface area contributed by atoms with E-state index in [0.29, 0.717) is 0 Å². The summed E-state index contributed by atoms with van der Waals surface area (Å²) < 4.78 is 5.00. The molecular weight excluding hydrogens is 224 g/mol. The molecule has 3 saturated carbocycles. The fourth-order valence-corrected chi connectivity index (χ4v) is 4.69. The normalized spacial score (nSPS) is 40.2. The van der Waals surface area contributed by atoms with Gasteiger partial charge in [0.25, 0.3) is 0 Å². The van der Waals surface area contributed by atoms with Gasteiger partial charge in [-0.1, -0.05) is 0 Å². The summed E-state index contributed by atoms with van der Waals surface area (Å²) >= 11 is 0. The smallest absolute Gasteiger partial charge is 0.0587 e. The SMILES string of the molecule is COCCNCCCNCC1C2C3CCC(C3)C12. The molecule has 0 saturated heterocycles. The predicted molar refractivity (Wildman–Crippen MR) is 73.5 cm³/mol. The molecule has 2 N–H and O–H groups in total. The third-order valence-electron chi connectivity index (χ3n) is 5.46. The Labute approximate surface area is 111 Å². The van der Waals surface area contributed by atoms with Crippen molar-refractivity contribution >= 4 is 0 Å². The van der Waals surface area contributed by atoms with E-state index in [1.54, 1.807) is 26.4 Å². The van der Waals surface area contributed by atoms with E-state index in [0.717, 1.165) is 49.3 Å². The van der Waals surface area contributed by atoms with Crippen LogP contribution in [0, 0.1) is 29.6 Å². The number of fused-ring (bicyclic) bond motifs is 5. The lowest BCUT2D eigenvalue weighted by atomic mass is 10.0. The minimum absolute atomic E-state index is 0.821. The monoisotopic (exact) mass is 252 g/mol. The first-order valence-corrected chi connectivity index (χ1v) is 7.82. The summed E-state index contributed by atoms with van der Waals surface area (Å²) in [6.45, 7) is 5.37. The summed E-state index contributed by atoms with van der Waals surface area (Å²) in [7, 11) is 1.75. The Morgan fingerprint density at radius 3 is 2.44 bits per heavy atom. The summed E-state index contributed by atoms with van der Waals surface area (Å²) in [6.07, 6.45) is 5.91. The number of hydrogen-bond donors (Lipinski definition) is 2. The molecule has 2 bridgehead atoms. The lowest BCUT2D eigenvalue weighted by Gasteiger charge is -2.10. The van der Waals surface area contributed by atoms with Gasteiger partial charge in [-0.15, -0.1) is 0 Å². The molecule has 0 amide bonds. The molecule has 3 rings (SSSR count). The molecule has 0 aromatic carbocycles. The van der Waals surface area contributed by atoms with Crippen molar-refractivity contribution in [1.82, 2.24) is 10.6 Å². The second-order valence-corrected chi connectivity index (χ2v) is 6.45. The molecule has 4 atom stereocenters. The molecule has 0 heterocycles. The second kappa shape index (κ2) is 5.89. The van der Waals surface area contributed by atoms with Crippen molar-refractivity contribution < 1.29 is 4.74 Å². The lowest BCUT2D eigenvalue weighted by molar-refractivity contribution is 0.199. The van der Waals surface area contributed by atoms with E-state index < -0.39 is 0 Å². The molecular formula is C15H28N2O. The number of methoxy groups -OCH3 is 1. The minimum atomic E-state index is 0.821. The van der Waals surface area contributed by atoms with Gasteiger partial charge in [0.15, 0.2) is 0 Å². The first-order chi connectivity index (χ1) is 8.92. The van der Waals surface area contributed by atoms with Gasteiger partial charge in [-0.25, -0.2) is 0 Å². The zero-order chi connectivity index (χ0) is 12.4. The molecule has 0 spiro atoms. The average molecular weight is 252 g/mol. The second-order valence-electron chi connectivity index (χ2n) is 6.45. The van der Waals surface area contributed by atoms with Gasteiger partial charge >= 0.3 is 0 Å². The summed E-state index contributed by atoms with van der Waals surface area (Å²) in [5.74, 6) is 5.58. The van der Waals surface area contributed by atoms with E-state index in [2.05, 4.69) is 10.6 Å². The molecule has 3 aliphatic rings. The minimum Gasteiger partial charge on any atom is -0.383 e. The van der Waals surface area contributed by atoms with Crippen LogP contribution in [-0.4, -0.2) is 39.9 Å². The van der Waals surface area contributed by atoms with Crippen molar-refractivity contribution in [2.75, 3.05) is 39.9 Å². The van der Waals surface area contributed by atoms with Gasteiger partial charge in [0.2, 0.25) is 0 Å². The molecule has 18 heavy (non-hydrogen) atoms. The van der Waals surface area contributed by atoms with E-state index in [9.17, 15) is 0 Å². The van der Waals surface area contributed by atoms with Crippen molar-refractivity contribution in [2.45, 2.75) is 25.7 Å². The first-order valence-electron chi connectivity index (χ1n) is 7.82. The van der Waals surface area contributed by atoms with Gasteiger partial charge < -0.3 is 15.4 Å². The topological polar surface area (TPSA) is 33.3 Å². The lowest BCUT2D eigenvalue weighted by Crippen LogP contribution is -2.26. The Morgan fingerprint density at radius 2 is 1.72 bits per heavy atom. The maximum absolute atomic E-state index is 5.00. The van der Waals surface area contributed by atoms with Crippen molar-refractivity contribution in [1.29, 1.82) is 0 Å². The maximum Gasteiger partial charge on any atom is 0.0587 e. The number of ether oxygens (including phenoxy) is 1. The Bertz CT molecular complexity index is 255. The number of hydrogen-bond acceptors (Lipinski definition) is 3. The van der Waals surface area contributed by atoms with Gasteiger partial charge in [-0.2, -0.15) is 0 Å². The highest BCUT2D eigenvalue weighted by atomic mass is 16.5.